The van der Waals surface area contributed by atoms with Gasteiger partial charge in [0.15, 0.2) is 0 Å². The normalized spacial score (nSPS) is 10.2. The molecule has 0 aliphatic heterocycles. The molecule has 0 bridgehead atoms. The Bertz CT molecular complexity index is 896. The SMILES string of the molecule is O=C(CCc1ccccc1)NCc1cccc(NC(=O)c2ccncc2)c1. The molecule has 0 atom stereocenters. The summed E-state index contributed by atoms with van der Waals surface area (Å²) in [5.41, 5.74) is 3.31. The van der Waals surface area contributed by atoms with Crippen molar-refractivity contribution in [3.8, 4) is 0 Å². The lowest BCUT2D eigenvalue weighted by atomic mass is 10.1. The lowest BCUT2D eigenvalue weighted by Crippen LogP contribution is -2.23. The van der Waals surface area contributed by atoms with Crippen LogP contribution in [0.4, 0.5) is 5.69 Å². The summed E-state index contributed by atoms with van der Waals surface area (Å²) in [7, 11) is 0. The Morgan fingerprint density at radius 3 is 2.37 bits per heavy atom. The van der Waals surface area contributed by atoms with Crippen LogP contribution in [0.1, 0.15) is 27.9 Å². The number of anilines is 1. The Balaban J connectivity index is 1.50. The topological polar surface area (TPSA) is 71.1 Å². The number of aromatic nitrogens is 1. The van der Waals surface area contributed by atoms with E-state index in [0.29, 0.717) is 30.6 Å². The fourth-order valence-electron chi connectivity index (χ4n) is 2.66. The first-order chi connectivity index (χ1) is 13.2. The number of aryl methyl sites for hydroxylation is 1. The smallest absolute Gasteiger partial charge is 0.255 e. The maximum absolute atomic E-state index is 12.2. The first-order valence-corrected chi connectivity index (χ1v) is 8.81. The minimum absolute atomic E-state index is 0.00470. The number of rotatable bonds is 7. The van der Waals surface area contributed by atoms with Crippen molar-refractivity contribution in [3.63, 3.8) is 0 Å². The van der Waals surface area contributed by atoms with E-state index in [2.05, 4.69) is 15.6 Å². The fourth-order valence-corrected chi connectivity index (χ4v) is 2.66. The molecule has 0 unspecified atom stereocenters. The zero-order valence-electron chi connectivity index (χ0n) is 14.9. The molecule has 0 aliphatic carbocycles. The van der Waals surface area contributed by atoms with Gasteiger partial charge in [-0.15, -0.1) is 0 Å². The molecule has 3 aromatic rings. The predicted octanol–water partition coefficient (Wildman–Crippen LogP) is 3.58. The van der Waals surface area contributed by atoms with E-state index in [-0.39, 0.29) is 11.8 Å². The molecule has 0 aliphatic rings. The van der Waals surface area contributed by atoms with Crippen molar-refractivity contribution in [3.05, 3.63) is 95.8 Å². The number of pyridine rings is 1. The molecule has 2 amide bonds. The first kappa shape index (κ1) is 18.3. The highest BCUT2D eigenvalue weighted by molar-refractivity contribution is 6.04. The number of hydrogen-bond acceptors (Lipinski definition) is 3. The van der Waals surface area contributed by atoms with E-state index in [1.807, 2.05) is 54.6 Å². The molecule has 1 heterocycles. The standard InChI is InChI=1S/C22H21N3O2/c26-21(10-9-17-5-2-1-3-6-17)24-16-18-7-4-8-20(15-18)25-22(27)19-11-13-23-14-12-19/h1-8,11-15H,9-10,16H2,(H,24,26)(H,25,27). The van der Waals surface area contributed by atoms with Gasteiger partial charge in [0.25, 0.3) is 5.91 Å². The second kappa shape index (κ2) is 9.29. The van der Waals surface area contributed by atoms with Gasteiger partial charge in [0.1, 0.15) is 0 Å². The van der Waals surface area contributed by atoms with Gasteiger partial charge in [0.2, 0.25) is 5.91 Å². The number of hydrogen-bond donors (Lipinski definition) is 2. The van der Waals surface area contributed by atoms with Crippen molar-refractivity contribution in [2.45, 2.75) is 19.4 Å². The molecule has 5 nitrogen and oxygen atoms in total. The molecule has 2 aromatic carbocycles. The van der Waals surface area contributed by atoms with Crippen molar-refractivity contribution >= 4 is 17.5 Å². The highest BCUT2D eigenvalue weighted by Crippen LogP contribution is 2.12. The van der Waals surface area contributed by atoms with Crippen molar-refractivity contribution < 1.29 is 9.59 Å². The molecule has 0 saturated heterocycles. The molecule has 0 fully saturated rings. The van der Waals surface area contributed by atoms with Gasteiger partial charge in [-0.25, -0.2) is 0 Å². The molecule has 2 N–H and O–H groups in total. The zero-order chi connectivity index (χ0) is 18.9. The van der Waals surface area contributed by atoms with Gasteiger partial charge in [0.05, 0.1) is 0 Å². The Kier molecular flexibility index (Phi) is 6.30. The molecule has 136 valence electrons. The van der Waals surface area contributed by atoms with Crippen LogP contribution in [-0.2, 0) is 17.8 Å². The van der Waals surface area contributed by atoms with Crippen molar-refractivity contribution in [1.29, 1.82) is 0 Å². The molecule has 0 radical (unpaired) electrons. The van der Waals surface area contributed by atoms with Crippen LogP contribution in [0.25, 0.3) is 0 Å². The average molecular weight is 359 g/mol. The maximum atomic E-state index is 12.2. The van der Waals surface area contributed by atoms with Gasteiger partial charge in [-0.3, -0.25) is 14.6 Å². The maximum Gasteiger partial charge on any atom is 0.255 e. The van der Waals surface area contributed by atoms with Crippen molar-refractivity contribution in [2.75, 3.05) is 5.32 Å². The van der Waals surface area contributed by atoms with Gasteiger partial charge in [0, 0.05) is 36.6 Å². The van der Waals surface area contributed by atoms with Crippen LogP contribution < -0.4 is 10.6 Å². The van der Waals surface area contributed by atoms with Crippen LogP contribution in [0, 0.1) is 0 Å². The van der Waals surface area contributed by atoms with Gasteiger partial charge < -0.3 is 10.6 Å². The average Bonchev–Trinajstić information content (AvgIpc) is 2.72. The highest BCUT2D eigenvalue weighted by Gasteiger charge is 2.07. The zero-order valence-corrected chi connectivity index (χ0v) is 14.9. The summed E-state index contributed by atoms with van der Waals surface area (Å²) in [5, 5.41) is 5.78. The summed E-state index contributed by atoms with van der Waals surface area (Å²) in [4.78, 5) is 28.2. The van der Waals surface area contributed by atoms with Crippen LogP contribution in [0.5, 0.6) is 0 Å². The lowest BCUT2D eigenvalue weighted by Gasteiger charge is -2.09. The quantitative estimate of drug-likeness (QED) is 0.677. The summed E-state index contributed by atoms with van der Waals surface area (Å²) < 4.78 is 0. The van der Waals surface area contributed by atoms with Gasteiger partial charge in [-0.2, -0.15) is 0 Å². The lowest BCUT2D eigenvalue weighted by molar-refractivity contribution is -0.121. The monoisotopic (exact) mass is 359 g/mol. The molecule has 3 rings (SSSR count). The second-order valence-electron chi connectivity index (χ2n) is 6.15. The Labute approximate surface area is 158 Å². The molecule has 1 aromatic heterocycles. The van der Waals surface area contributed by atoms with Gasteiger partial charge in [-0.1, -0.05) is 42.5 Å². The van der Waals surface area contributed by atoms with E-state index >= 15 is 0 Å². The van der Waals surface area contributed by atoms with E-state index in [1.165, 1.54) is 0 Å². The number of benzene rings is 2. The Hall–Kier alpha value is -3.47. The number of carbonyl (C=O) groups excluding carboxylic acids is 2. The Morgan fingerprint density at radius 2 is 1.59 bits per heavy atom. The summed E-state index contributed by atoms with van der Waals surface area (Å²) >= 11 is 0. The van der Waals surface area contributed by atoms with E-state index in [9.17, 15) is 9.59 Å². The highest BCUT2D eigenvalue weighted by atomic mass is 16.2. The fraction of sp³-hybridized carbons (Fsp3) is 0.136. The molecular weight excluding hydrogens is 338 g/mol. The third kappa shape index (κ3) is 5.78. The van der Waals surface area contributed by atoms with Crippen LogP contribution in [0.2, 0.25) is 0 Å². The van der Waals surface area contributed by atoms with E-state index in [4.69, 9.17) is 0 Å². The summed E-state index contributed by atoms with van der Waals surface area (Å²) in [6.45, 7) is 0.423. The predicted molar refractivity (Wildman–Crippen MR) is 105 cm³/mol. The van der Waals surface area contributed by atoms with E-state index in [0.717, 1.165) is 11.1 Å². The largest absolute Gasteiger partial charge is 0.352 e. The van der Waals surface area contributed by atoms with Crippen molar-refractivity contribution in [2.24, 2.45) is 0 Å². The van der Waals surface area contributed by atoms with Crippen LogP contribution >= 0.6 is 0 Å². The summed E-state index contributed by atoms with van der Waals surface area (Å²) in [5.74, 6) is -0.188. The van der Waals surface area contributed by atoms with Crippen LogP contribution in [0.15, 0.2) is 79.1 Å². The minimum atomic E-state index is -0.193. The summed E-state index contributed by atoms with van der Waals surface area (Å²) in [6, 6.07) is 20.7. The third-order valence-electron chi connectivity index (χ3n) is 4.10. The first-order valence-electron chi connectivity index (χ1n) is 8.81. The molecule has 27 heavy (non-hydrogen) atoms. The van der Waals surface area contributed by atoms with Gasteiger partial charge in [-0.05, 0) is 41.8 Å². The number of nitrogens with one attached hydrogen (secondary N) is 2. The molecule has 0 spiro atoms. The van der Waals surface area contributed by atoms with Crippen LogP contribution in [0.3, 0.4) is 0 Å². The Morgan fingerprint density at radius 1 is 0.852 bits per heavy atom. The van der Waals surface area contributed by atoms with Crippen LogP contribution in [-0.4, -0.2) is 16.8 Å². The second-order valence-corrected chi connectivity index (χ2v) is 6.15. The van der Waals surface area contributed by atoms with E-state index in [1.54, 1.807) is 24.5 Å². The van der Waals surface area contributed by atoms with Crippen molar-refractivity contribution in [1.82, 2.24) is 10.3 Å². The number of amides is 2. The summed E-state index contributed by atoms with van der Waals surface area (Å²) in [6.07, 6.45) is 4.32. The van der Waals surface area contributed by atoms with E-state index < -0.39 is 0 Å². The minimum Gasteiger partial charge on any atom is -0.352 e. The molecule has 5 heteroatoms. The number of carbonyl (C=O) groups is 2. The molecule has 0 saturated carbocycles. The number of nitrogens with zero attached hydrogens (tertiary/aromatic N) is 1. The molecular formula is C22H21N3O2. The third-order valence-corrected chi connectivity index (χ3v) is 4.10. The van der Waals surface area contributed by atoms with Gasteiger partial charge >= 0.3 is 0 Å².